The van der Waals surface area contributed by atoms with E-state index in [0.29, 0.717) is 6.04 Å². The van der Waals surface area contributed by atoms with E-state index >= 15 is 0 Å². The molecule has 0 saturated carbocycles. The molecule has 0 spiro atoms. The molecule has 12 heavy (non-hydrogen) atoms. The zero-order valence-corrected chi connectivity index (χ0v) is 7.84. The first-order valence-corrected chi connectivity index (χ1v) is 4.70. The number of hydrogen-bond acceptors (Lipinski definition) is 2. The van der Waals surface area contributed by atoms with Gasteiger partial charge in [0.05, 0.1) is 0 Å². The maximum absolute atomic E-state index is 5.22. The van der Waals surface area contributed by atoms with Crippen LogP contribution in [0.2, 0.25) is 0 Å². The fourth-order valence-corrected chi connectivity index (χ4v) is 1.72. The molecular formula is C10H18N2. The van der Waals surface area contributed by atoms with Crippen LogP contribution in [0.3, 0.4) is 0 Å². The molecule has 1 aliphatic rings. The third-order valence-corrected chi connectivity index (χ3v) is 2.49. The molecule has 1 N–H and O–H groups in total. The van der Waals surface area contributed by atoms with E-state index in [2.05, 4.69) is 16.1 Å². The Kier molecular flexibility index (Phi) is 4.13. The van der Waals surface area contributed by atoms with Crippen molar-refractivity contribution in [1.82, 2.24) is 10.2 Å². The molecule has 68 valence electrons. The average molecular weight is 166 g/mol. The predicted octanol–water partition coefficient (Wildman–Crippen LogP) is 0.694. The normalized spacial score (nSPS) is 25.2. The zero-order valence-electron chi connectivity index (χ0n) is 7.84. The SMILES string of the molecule is C#CCCN1CCCC(NC)C1. The highest BCUT2D eigenvalue weighted by molar-refractivity contribution is 4.86. The van der Waals surface area contributed by atoms with Crippen LogP contribution in [-0.2, 0) is 0 Å². The molecule has 1 atom stereocenters. The molecule has 0 aromatic rings. The van der Waals surface area contributed by atoms with Gasteiger partial charge in [0.25, 0.3) is 0 Å². The summed E-state index contributed by atoms with van der Waals surface area (Å²) in [5, 5.41) is 3.32. The van der Waals surface area contributed by atoms with Gasteiger partial charge in [-0.2, -0.15) is 0 Å². The summed E-state index contributed by atoms with van der Waals surface area (Å²) in [7, 11) is 2.04. The van der Waals surface area contributed by atoms with Crippen molar-refractivity contribution in [1.29, 1.82) is 0 Å². The minimum atomic E-state index is 0.677. The quantitative estimate of drug-likeness (QED) is 0.621. The number of likely N-dealkylation sites (N-methyl/N-ethyl adjacent to an activating group) is 1. The minimum absolute atomic E-state index is 0.677. The van der Waals surface area contributed by atoms with E-state index in [-0.39, 0.29) is 0 Å². The van der Waals surface area contributed by atoms with Crippen LogP contribution >= 0.6 is 0 Å². The summed E-state index contributed by atoms with van der Waals surface area (Å²) in [6.07, 6.45) is 8.72. The van der Waals surface area contributed by atoms with Gasteiger partial charge >= 0.3 is 0 Å². The molecule has 0 aromatic heterocycles. The van der Waals surface area contributed by atoms with Gasteiger partial charge in [0, 0.05) is 25.6 Å². The topological polar surface area (TPSA) is 15.3 Å². The van der Waals surface area contributed by atoms with Gasteiger partial charge < -0.3 is 10.2 Å². The predicted molar refractivity (Wildman–Crippen MR) is 52.0 cm³/mol. The Bertz CT molecular complexity index is 160. The molecule has 0 aromatic carbocycles. The van der Waals surface area contributed by atoms with Crippen molar-refractivity contribution in [2.45, 2.75) is 25.3 Å². The van der Waals surface area contributed by atoms with Gasteiger partial charge in [0.2, 0.25) is 0 Å². The van der Waals surface area contributed by atoms with Crippen LogP contribution in [-0.4, -0.2) is 37.6 Å². The van der Waals surface area contributed by atoms with Crippen LogP contribution in [0.4, 0.5) is 0 Å². The monoisotopic (exact) mass is 166 g/mol. The number of likely N-dealkylation sites (tertiary alicyclic amines) is 1. The van der Waals surface area contributed by atoms with Gasteiger partial charge in [-0.25, -0.2) is 0 Å². The second-order valence-electron chi connectivity index (χ2n) is 3.38. The Balaban J connectivity index is 2.22. The van der Waals surface area contributed by atoms with Gasteiger partial charge in [-0.1, -0.05) is 0 Å². The van der Waals surface area contributed by atoms with E-state index in [1.54, 1.807) is 0 Å². The van der Waals surface area contributed by atoms with Gasteiger partial charge in [0.1, 0.15) is 0 Å². The van der Waals surface area contributed by atoms with Gasteiger partial charge in [0.15, 0.2) is 0 Å². The summed E-state index contributed by atoms with van der Waals surface area (Å²) in [6.45, 7) is 3.45. The molecule has 2 nitrogen and oxygen atoms in total. The van der Waals surface area contributed by atoms with E-state index in [4.69, 9.17) is 6.42 Å². The van der Waals surface area contributed by atoms with Gasteiger partial charge in [-0.05, 0) is 26.4 Å². The Morgan fingerprint density at radius 2 is 2.50 bits per heavy atom. The second-order valence-corrected chi connectivity index (χ2v) is 3.38. The standard InChI is InChI=1S/C10H18N2/c1-3-4-7-12-8-5-6-10(9-12)11-2/h1,10-11H,4-9H2,2H3. The van der Waals surface area contributed by atoms with Crippen molar-refractivity contribution in [2.24, 2.45) is 0 Å². The zero-order chi connectivity index (χ0) is 8.81. The highest BCUT2D eigenvalue weighted by Crippen LogP contribution is 2.09. The van der Waals surface area contributed by atoms with Crippen molar-refractivity contribution in [3.63, 3.8) is 0 Å². The molecule has 1 heterocycles. The van der Waals surface area contributed by atoms with Crippen LogP contribution in [0.1, 0.15) is 19.3 Å². The summed E-state index contributed by atoms with van der Waals surface area (Å²) in [5.41, 5.74) is 0. The van der Waals surface area contributed by atoms with Gasteiger partial charge in [-0.3, -0.25) is 0 Å². The third-order valence-electron chi connectivity index (χ3n) is 2.49. The Hall–Kier alpha value is -0.520. The number of nitrogens with one attached hydrogen (secondary N) is 1. The summed E-state index contributed by atoms with van der Waals surface area (Å²) in [5.74, 6) is 2.69. The van der Waals surface area contributed by atoms with Crippen molar-refractivity contribution < 1.29 is 0 Å². The first-order chi connectivity index (χ1) is 5.86. The molecule has 1 aliphatic heterocycles. The molecule has 1 rings (SSSR count). The Labute approximate surface area is 75.3 Å². The van der Waals surface area contributed by atoms with Crippen molar-refractivity contribution >= 4 is 0 Å². The third kappa shape index (κ3) is 2.84. The first kappa shape index (κ1) is 9.57. The maximum atomic E-state index is 5.22. The first-order valence-electron chi connectivity index (χ1n) is 4.70. The maximum Gasteiger partial charge on any atom is 0.0214 e. The van der Waals surface area contributed by atoms with Crippen molar-refractivity contribution in [3.05, 3.63) is 0 Å². The van der Waals surface area contributed by atoms with E-state index < -0.39 is 0 Å². The number of terminal acetylenes is 1. The number of nitrogens with zero attached hydrogens (tertiary/aromatic N) is 1. The Morgan fingerprint density at radius 1 is 1.67 bits per heavy atom. The molecule has 2 heteroatoms. The van der Waals surface area contributed by atoms with Crippen LogP contribution in [0.15, 0.2) is 0 Å². The molecule has 1 fully saturated rings. The van der Waals surface area contributed by atoms with Gasteiger partial charge in [-0.15, -0.1) is 12.3 Å². The van der Waals surface area contributed by atoms with E-state index in [9.17, 15) is 0 Å². The Morgan fingerprint density at radius 3 is 3.17 bits per heavy atom. The minimum Gasteiger partial charge on any atom is -0.316 e. The lowest BCUT2D eigenvalue weighted by molar-refractivity contribution is 0.199. The lowest BCUT2D eigenvalue weighted by atomic mass is 10.1. The van der Waals surface area contributed by atoms with Crippen molar-refractivity contribution in [2.75, 3.05) is 26.7 Å². The molecule has 1 unspecified atom stereocenters. The lowest BCUT2D eigenvalue weighted by Crippen LogP contribution is -2.44. The molecule has 1 saturated heterocycles. The van der Waals surface area contributed by atoms with Crippen LogP contribution < -0.4 is 5.32 Å². The highest BCUT2D eigenvalue weighted by Gasteiger charge is 2.16. The largest absolute Gasteiger partial charge is 0.316 e. The number of hydrogen-bond donors (Lipinski definition) is 1. The average Bonchev–Trinajstić information content (AvgIpc) is 2.15. The molecule has 0 amide bonds. The van der Waals surface area contributed by atoms with E-state index in [1.807, 2.05) is 7.05 Å². The van der Waals surface area contributed by atoms with Crippen LogP contribution in [0.25, 0.3) is 0 Å². The second kappa shape index (κ2) is 5.18. The smallest absolute Gasteiger partial charge is 0.0214 e. The number of piperidine rings is 1. The van der Waals surface area contributed by atoms with Crippen LogP contribution in [0.5, 0.6) is 0 Å². The fraction of sp³-hybridized carbons (Fsp3) is 0.800. The summed E-state index contributed by atoms with van der Waals surface area (Å²) >= 11 is 0. The van der Waals surface area contributed by atoms with Crippen LogP contribution in [0, 0.1) is 12.3 Å². The molecular weight excluding hydrogens is 148 g/mol. The van der Waals surface area contributed by atoms with Crippen molar-refractivity contribution in [3.8, 4) is 12.3 Å². The summed E-state index contributed by atoms with van der Waals surface area (Å²) in [4.78, 5) is 2.45. The highest BCUT2D eigenvalue weighted by atomic mass is 15.2. The van der Waals surface area contributed by atoms with E-state index in [0.717, 1.165) is 19.5 Å². The lowest BCUT2D eigenvalue weighted by Gasteiger charge is -2.31. The number of rotatable bonds is 3. The fourth-order valence-electron chi connectivity index (χ4n) is 1.72. The summed E-state index contributed by atoms with van der Waals surface area (Å²) in [6, 6.07) is 0.677. The molecule has 0 radical (unpaired) electrons. The molecule has 0 bridgehead atoms. The van der Waals surface area contributed by atoms with E-state index in [1.165, 1.54) is 19.4 Å². The molecule has 0 aliphatic carbocycles. The summed E-state index contributed by atoms with van der Waals surface area (Å²) < 4.78 is 0.